The van der Waals surface area contributed by atoms with E-state index in [9.17, 15) is 14.7 Å². The molecule has 0 aromatic rings. The molecular weight excluding hydrogens is 244 g/mol. The van der Waals surface area contributed by atoms with Gasteiger partial charge in [0.05, 0.1) is 11.3 Å². The topological polar surface area (TPSA) is 83.6 Å². The Morgan fingerprint density at radius 1 is 1.32 bits per heavy atom. The molecule has 108 valence electrons. The number of rotatable bonds is 5. The minimum absolute atomic E-state index is 0.0799. The number of carbonyl (C=O) groups is 2. The quantitative estimate of drug-likeness (QED) is 0.785. The van der Waals surface area contributed by atoms with Crippen LogP contribution in [0.25, 0.3) is 0 Å². The normalized spacial score (nSPS) is 29.8. The van der Waals surface area contributed by atoms with E-state index in [1.807, 2.05) is 18.7 Å². The Hall–Kier alpha value is -1.10. The molecule has 3 atom stereocenters. The summed E-state index contributed by atoms with van der Waals surface area (Å²) in [6.45, 7) is 4.31. The van der Waals surface area contributed by atoms with E-state index in [-0.39, 0.29) is 23.9 Å². The molecule has 0 saturated carbocycles. The number of hydrogen-bond acceptors (Lipinski definition) is 3. The zero-order valence-electron chi connectivity index (χ0n) is 11.8. The van der Waals surface area contributed by atoms with Gasteiger partial charge in [-0.25, -0.2) is 0 Å². The summed E-state index contributed by atoms with van der Waals surface area (Å²) in [5.74, 6) is -1.07. The molecule has 2 fully saturated rings. The van der Waals surface area contributed by atoms with Crippen molar-refractivity contribution in [1.82, 2.24) is 4.90 Å². The molecule has 0 radical (unpaired) electrons. The van der Waals surface area contributed by atoms with E-state index in [1.165, 1.54) is 0 Å². The summed E-state index contributed by atoms with van der Waals surface area (Å²) < 4.78 is 0. The molecule has 19 heavy (non-hydrogen) atoms. The van der Waals surface area contributed by atoms with E-state index in [2.05, 4.69) is 0 Å². The molecular formula is C14H24N2O3. The van der Waals surface area contributed by atoms with Gasteiger partial charge >= 0.3 is 5.97 Å². The minimum Gasteiger partial charge on any atom is -0.481 e. The lowest BCUT2D eigenvalue weighted by atomic mass is 9.80. The van der Waals surface area contributed by atoms with Gasteiger partial charge in [-0.05, 0) is 32.1 Å². The second-order valence-electron chi connectivity index (χ2n) is 5.88. The highest BCUT2D eigenvalue weighted by atomic mass is 16.4. The maximum Gasteiger partial charge on any atom is 0.308 e. The molecule has 2 saturated heterocycles. The molecule has 2 bridgehead atoms. The molecule has 2 aliphatic rings. The molecule has 0 aliphatic carbocycles. The summed E-state index contributed by atoms with van der Waals surface area (Å²) >= 11 is 0. The summed E-state index contributed by atoms with van der Waals surface area (Å²) in [5, 5.41) is 9.25. The zero-order chi connectivity index (χ0) is 14.2. The third-order valence-electron chi connectivity index (χ3n) is 5.29. The molecule has 2 heterocycles. The molecule has 3 N–H and O–H groups in total. The van der Waals surface area contributed by atoms with E-state index in [1.54, 1.807) is 0 Å². The average Bonchev–Trinajstić information content (AvgIpc) is 2.98. The van der Waals surface area contributed by atoms with Crippen LogP contribution in [0, 0.1) is 11.3 Å². The van der Waals surface area contributed by atoms with E-state index < -0.39 is 11.4 Å². The lowest BCUT2D eigenvalue weighted by molar-refractivity contribution is -0.146. The fourth-order valence-electron chi connectivity index (χ4n) is 3.77. The Morgan fingerprint density at radius 2 is 1.95 bits per heavy atom. The number of fused-ring (bicyclic) bond motifs is 2. The van der Waals surface area contributed by atoms with Crippen LogP contribution in [0.2, 0.25) is 0 Å². The van der Waals surface area contributed by atoms with Crippen LogP contribution in [-0.2, 0) is 9.59 Å². The monoisotopic (exact) mass is 268 g/mol. The number of hydrogen-bond donors (Lipinski definition) is 2. The van der Waals surface area contributed by atoms with Crippen molar-refractivity contribution in [2.75, 3.05) is 6.54 Å². The summed E-state index contributed by atoms with van der Waals surface area (Å²) in [6, 6.07) is 0.00153. The maximum atomic E-state index is 12.8. The first kappa shape index (κ1) is 14.3. The Labute approximate surface area is 114 Å². The molecule has 5 heteroatoms. The van der Waals surface area contributed by atoms with Crippen molar-refractivity contribution in [2.24, 2.45) is 17.1 Å². The van der Waals surface area contributed by atoms with Gasteiger partial charge in [0.15, 0.2) is 0 Å². The van der Waals surface area contributed by atoms with Gasteiger partial charge in [0, 0.05) is 18.6 Å². The molecule has 1 amide bonds. The Bertz CT molecular complexity index is 371. The molecule has 5 nitrogen and oxygen atoms in total. The van der Waals surface area contributed by atoms with Crippen LogP contribution in [0.1, 0.15) is 46.0 Å². The van der Waals surface area contributed by atoms with Crippen molar-refractivity contribution in [2.45, 2.75) is 58.0 Å². The van der Waals surface area contributed by atoms with Crippen LogP contribution in [-0.4, -0.2) is 40.5 Å². The summed E-state index contributed by atoms with van der Waals surface area (Å²) in [5.41, 5.74) is 5.33. The first-order chi connectivity index (χ1) is 9.00. The number of nitrogens with zero attached hydrogens (tertiary/aromatic N) is 1. The predicted molar refractivity (Wildman–Crippen MR) is 71.5 cm³/mol. The smallest absolute Gasteiger partial charge is 0.308 e. The molecule has 0 aromatic heterocycles. The lowest BCUT2D eigenvalue weighted by Gasteiger charge is -2.36. The first-order valence-corrected chi connectivity index (χ1v) is 7.26. The van der Waals surface area contributed by atoms with Crippen LogP contribution in [0.4, 0.5) is 0 Å². The van der Waals surface area contributed by atoms with Gasteiger partial charge in [-0.3, -0.25) is 9.59 Å². The van der Waals surface area contributed by atoms with Crippen LogP contribution in [0.3, 0.4) is 0 Å². The Kier molecular flexibility index (Phi) is 3.85. The molecule has 2 rings (SSSR count). The van der Waals surface area contributed by atoms with Crippen molar-refractivity contribution in [3.8, 4) is 0 Å². The van der Waals surface area contributed by atoms with Crippen molar-refractivity contribution >= 4 is 11.9 Å². The van der Waals surface area contributed by atoms with E-state index in [4.69, 9.17) is 5.73 Å². The van der Waals surface area contributed by atoms with Gasteiger partial charge in [0.1, 0.15) is 0 Å². The highest BCUT2D eigenvalue weighted by Gasteiger charge is 2.54. The fourth-order valence-corrected chi connectivity index (χ4v) is 3.77. The second kappa shape index (κ2) is 5.12. The van der Waals surface area contributed by atoms with Crippen LogP contribution in [0.5, 0.6) is 0 Å². The first-order valence-electron chi connectivity index (χ1n) is 7.26. The second-order valence-corrected chi connectivity index (χ2v) is 5.88. The predicted octanol–water partition coefficient (Wildman–Crippen LogP) is 1.22. The van der Waals surface area contributed by atoms with Crippen molar-refractivity contribution < 1.29 is 14.7 Å². The largest absolute Gasteiger partial charge is 0.481 e. The van der Waals surface area contributed by atoms with Gasteiger partial charge in [0.25, 0.3) is 0 Å². The number of amides is 1. The van der Waals surface area contributed by atoms with Gasteiger partial charge < -0.3 is 15.7 Å². The summed E-state index contributed by atoms with van der Waals surface area (Å²) in [6.07, 6.45) is 3.80. The summed E-state index contributed by atoms with van der Waals surface area (Å²) in [7, 11) is 0. The third-order valence-corrected chi connectivity index (χ3v) is 5.29. The Balaban J connectivity index is 2.23. The van der Waals surface area contributed by atoms with Crippen molar-refractivity contribution in [3.63, 3.8) is 0 Å². The number of carboxylic acid groups (broad SMARTS) is 1. The third kappa shape index (κ3) is 2.04. The molecule has 0 spiro atoms. The van der Waals surface area contributed by atoms with E-state index in [0.717, 1.165) is 12.8 Å². The molecule has 2 aliphatic heterocycles. The van der Waals surface area contributed by atoms with Crippen LogP contribution < -0.4 is 5.73 Å². The molecule has 3 unspecified atom stereocenters. The van der Waals surface area contributed by atoms with Crippen LogP contribution in [0.15, 0.2) is 0 Å². The number of carbonyl (C=O) groups excluding carboxylic acids is 1. The summed E-state index contributed by atoms with van der Waals surface area (Å²) in [4.78, 5) is 26.0. The zero-order valence-corrected chi connectivity index (χ0v) is 11.8. The lowest BCUT2D eigenvalue weighted by Crippen LogP contribution is -2.50. The number of aliphatic carboxylic acids is 1. The van der Waals surface area contributed by atoms with E-state index in [0.29, 0.717) is 25.8 Å². The standard InChI is InChI=1S/C14H24N2O3/c1-3-14(4-2,8-15)13(19)16-9-5-6-11(16)10(7-9)12(17)18/h9-11H,3-8,15H2,1-2H3,(H,17,18). The van der Waals surface area contributed by atoms with Crippen LogP contribution >= 0.6 is 0 Å². The maximum absolute atomic E-state index is 12.8. The van der Waals surface area contributed by atoms with Gasteiger partial charge in [-0.2, -0.15) is 0 Å². The van der Waals surface area contributed by atoms with Crippen molar-refractivity contribution in [3.05, 3.63) is 0 Å². The number of nitrogens with two attached hydrogens (primary N) is 1. The fraction of sp³-hybridized carbons (Fsp3) is 0.857. The average molecular weight is 268 g/mol. The number of carboxylic acids is 1. The minimum atomic E-state index is -0.767. The SMILES string of the molecule is CCC(CC)(CN)C(=O)N1C2CCC1C(C(=O)O)C2. The van der Waals surface area contributed by atoms with Gasteiger partial charge in [0.2, 0.25) is 5.91 Å². The van der Waals surface area contributed by atoms with Crippen molar-refractivity contribution in [1.29, 1.82) is 0 Å². The highest BCUT2D eigenvalue weighted by Crippen LogP contribution is 2.44. The molecule has 0 aromatic carbocycles. The van der Waals surface area contributed by atoms with Gasteiger partial charge in [-0.15, -0.1) is 0 Å². The highest BCUT2D eigenvalue weighted by molar-refractivity contribution is 5.85. The van der Waals surface area contributed by atoms with Gasteiger partial charge in [-0.1, -0.05) is 13.8 Å². The van der Waals surface area contributed by atoms with E-state index >= 15 is 0 Å². The Morgan fingerprint density at radius 3 is 2.37 bits per heavy atom.